The molecule has 0 atom stereocenters. The molecule has 0 aliphatic rings. The fraction of sp³-hybridized carbons (Fsp3) is 0.889. The zero-order valence-electron chi connectivity index (χ0n) is 15.3. The van der Waals surface area contributed by atoms with Gasteiger partial charge in [-0.15, -0.1) is 0 Å². The molecule has 0 spiro atoms. The van der Waals surface area contributed by atoms with Crippen molar-refractivity contribution in [2.75, 3.05) is 0 Å². The van der Waals surface area contributed by atoms with Crippen molar-refractivity contribution in [3.63, 3.8) is 0 Å². The molecule has 0 aromatic heterocycles. The van der Waals surface area contributed by atoms with Crippen LogP contribution in [0.25, 0.3) is 0 Å². The predicted molar refractivity (Wildman–Crippen MR) is 104 cm³/mol. The van der Waals surface area contributed by atoms with Crippen molar-refractivity contribution in [2.45, 2.75) is 104 Å². The maximum atomic E-state index is 11.8. The first-order valence-corrected chi connectivity index (χ1v) is 11.3. The Hall–Kier alpha value is -0.490. The molecule has 0 saturated heterocycles. The van der Waals surface area contributed by atoms with Crippen LogP contribution >= 0.6 is 12.2 Å². The van der Waals surface area contributed by atoms with Gasteiger partial charge >= 0.3 is 16.1 Å². The van der Waals surface area contributed by atoms with Gasteiger partial charge in [-0.2, -0.15) is 8.42 Å². The molecule has 0 bridgehead atoms. The third kappa shape index (κ3) is 12.9. The minimum absolute atomic E-state index is 0.122. The summed E-state index contributed by atoms with van der Waals surface area (Å²) >= 11 is 4.92. The number of carbonyl (C=O) groups is 1. The van der Waals surface area contributed by atoms with Gasteiger partial charge in [0.15, 0.2) is 0 Å². The summed E-state index contributed by atoms with van der Waals surface area (Å²) < 4.78 is 28.0. The van der Waals surface area contributed by atoms with E-state index in [4.69, 9.17) is 12.2 Å². The highest BCUT2D eigenvalue weighted by atomic mass is 32.2. The van der Waals surface area contributed by atoms with Crippen LogP contribution in [0, 0.1) is 0 Å². The molecule has 0 unspecified atom stereocenters. The fourth-order valence-electron chi connectivity index (χ4n) is 2.41. The Morgan fingerprint density at radius 2 is 1.21 bits per heavy atom. The number of hydrogen-bond acceptors (Lipinski definition) is 5. The summed E-state index contributed by atoms with van der Waals surface area (Å²) in [5.41, 5.74) is 0. The maximum absolute atomic E-state index is 11.8. The summed E-state index contributed by atoms with van der Waals surface area (Å²) in [6, 6.07) is 0. The standard InChI is InChI=1S/C18H34O4S2/c1-3-5-7-8-9-10-11-12-13-14-16-18(23)24(20,21)22-17(19)15-6-4-2/h3-16H2,1-2H3. The lowest BCUT2D eigenvalue weighted by atomic mass is 10.1. The van der Waals surface area contributed by atoms with E-state index in [0.29, 0.717) is 12.8 Å². The first-order valence-electron chi connectivity index (χ1n) is 9.44. The number of rotatable bonds is 14. The average molecular weight is 379 g/mol. The fourth-order valence-corrected chi connectivity index (χ4v) is 3.48. The van der Waals surface area contributed by atoms with E-state index in [9.17, 15) is 13.2 Å². The van der Waals surface area contributed by atoms with Crippen LogP contribution in [-0.2, 0) is 19.1 Å². The van der Waals surface area contributed by atoms with E-state index in [2.05, 4.69) is 11.1 Å². The van der Waals surface area contributed by atoms with Gasteiger partial charge in [-0.05, 0) is 19.3 Å². The Morgan fingerprint density at radius 3 is 1.71 bits per heavy atom. The van der Waals surface area contributed by atoms with Crippen LogP contribution in [0.15, 0.2) is 0 Å². The van der Waals surface area contributed by atoms with E-state index >= 15 is 0 Å². The molecule has 0 aliphatic carbocycles. The molecule has 0 rings (SSSR count). The summed E-state index contributed by atoms with van der Waals surface area (Å²) in [7, 11) is -4.02. The SMILES string of the molecule is CCCCCCCCCCCCC(=S)S(=O)(=O)OC(=O)CCCC. The number of carbonyl (C=O) groups excluding carboxylic acids is 1. The predicted octanol–water partition coefficient (Wildman–Crippen LogP) is 5.69. The van der Waals surface area contributed by atoms with Crippen LogP contribution in [0.5, 0.6) is 0 Å². The molecule has 0 fully saturated rings. The van der Waals surface area contributed by atoms with Gasteiger partial charge in [0.1, 0.15) is 4.20 Å². The van der Waals surface area contributed by atoms with Gasteiger partial charge in [-0.1, -0.05) is 90.3 Å². The van der Waals surface area contributed by atoms with Crippen LogP contribution in [0.1, 0.15) is 104 Å². The molecule has 0 aliphatic heterocycles. The Balaban J connectivity index is 3.71. The molecule has 0 aromatic rings. The molecule has 4 nitrogen and oxygen atoms in total. The highest BCUT2D eigenvalue weighted by molar-refractivity contribution is 8.14. The lowest BCUT2D eigenvalue weighted by molar-refractivity contribution is -0.133. The second-order valence-corrected chi connectivity index (χ2v) is 8.64. The first kappa shape index (κ1) is 23.5. The molecule has 0 amide bonds. The summed E-state index contributed by atoms with van der Waals surface area (Å²) in [5, 5.41) is 0. The van der Waals surface area contributed by atoms with Crippen molar-refractivity contribution in [1.29, 1.82) is 0 Å². The Labute approximate surface area is 153 Å². The third-order valence-corrected chi connectivity index (χ3v) is 5.93. The highest BCUT2D eigenvalue weighted by Crippen LogP contribution is 2.13. The number of hydrogen-bond donors (Lipinski definition) is 0. The van der Waals surface area contributed by atoms with E-state index in [1.165, 1.54) is 44.9 Å². The molecule has 6 heteroatoms. The average Bonchev–Trinajstić information content (AvgIpc) is 2.54. The van der Waals surface area contributed by atoms with E-state index in [0.717, 1.165) is 25.7 Å². The van der Waals surface area contributed by atoms with Crippen LogP contribution in [0.2, 0.25) is 0 Å². The van der Waals surface area contributed by atoms with Gasteiger partial charge in [0.2, 0.25) is 0 Å². The topological polar surface area (TPSA) is 60.4 Å². The van der Waals surface area contributed by atoms with Gasteiger partial charge in [0.05, 0.1) is 0 Å². The van der Waals surface area contributed by atoms with Gasteiger partial charge in [0, 0.05) is 6.42 Å². The largest absolute Gasteiger partial charge is 0.348 e. The lowest BCUT2D eigenvalue weighted by Crippen LogP contribution is -2.20. The van der Waals surface area contributed by atoms with E-state index in [1.807, 2.05) is 6.92 Å². The smallest absolute Gasteiger partial charge is 0.342 e. The van der Waals surface area contributed by atoms with E-state index in [1.54, 1.807) is 0 Å². The van der Waals surface area contributed by atoms with Gasteiger partial charge < -0.3 is 4.18 Å². The molecule has 0 radical (unpaired) electrons. The van der Waals surface area contributed by atoms with Crippen molar-refractivity contribution < 1.29 is 17.4 Å². The third-order valence-electron chi connectivity index (χ3n) is 3.95. The Bertz CT molecular complexity index is 444. The van der Waals surface area contributed by atoms with Crippen molar-refractivity contribution in [1.82, 2.24) is 0 Å². The summed E-state index contributed by atoms with van der Waals surface area (Å²) in [4.78, 5) is 11.4. The second kappa shape index (κ2) is 14.8. The van der Waals surface area contributed by atoms with Crippen LogP contribution in [-0.4, -0.2) is 18.6 Å². The molecular formula is C18H34O4S2. The van der Waals surface area contributed by atoms with Crippen molar-refractivity contribution >= 4 is 32.5 Å². The van der Waals surface area contributed by atoms with Crippen LogP contribution in [0.4, 0.5) is 0 Å². The van der Waals surface area contributed by atoms with E-state index < -0.39 is 16.1 Å². The summed E-state index contributed by atoms with van der Waals surface area (Å²) in [6.07, 6.45) is 13.7. The van der Waals surface area contributed by atoms with E-state index in [-0.39, 0.29) is 10.6 Å². The molecular weight excluding hydrogens is 344 g/mol. The zero-order valence-corrected chi connectivity index (χ0v) is 17.0. The maximum Gasteiger partial charge on any atom is 0.348 e. The second-order valence-electron chi connectivity index (χ2n) is 6.32. The minimum Gasteiger partial charge on any atom is -0.342 e. The van der Waals surface area contributed by atoms with Gasteiger partial charge in [-0.25, -0.2) is 0 Å². The summed E-state index contributed by atoms with van der Waals surface area (Å²) in [6.45, 7) is 4.15. The molecule has 0 N–H and O–H groups in total. The Kier molecular flexibility index (Phi) is 14.5. The number of thiocarbonyl (C=S) groups is 1. The molecule has 0 aromatic carbocycles. The van der Waals surface area contributed by atoms with Crippen molar-refractivity contribution in [2.24, 2.45) is 0 Å². The highest BCUT2D eigenvalue weighted by Gasteiger charge is 2.22. The lowest BCUT2D eigenvalue weighted by Gasteiger charge is -2.07. The number of unbranched alkanes of at least 4 members (excludes halogenated alkanes) is 10. The Morgan fingerprint density at radius 1 is 0.750 bits per heavy atom. The van der Waals surface area contributed by atoms with Gasteiger partial charge in [-0.3, -0.25) is 4.79 Å². The molecule has 0 saturated carbocycles. The molecule has 0 heterocycles. The van der Waals surface area contributed by atoms with Crippen LogP contribution < -0.4 is 0 Å². The molecule has 142 valence electrons. The molecule has 24 heavy (non-hydrogen) atoms. The normalized spacial score (nSPS) is 11.4. The monoisotopic (exact) mass is 378 g/mol. The quantitative estimate of drug-likeness (QED) is 0.221. The first-order chi connectivity index (χ1) is 11.4. The minimum atomic E-state index is -4.02. The summed E-state index contributed by atoms with van der Waals surface area (Å²) in [5.74, 6) is -0.706. The van der Waals surface area contributed by atoms with Crippen molar-refractivity contribution in [3.05, 3.63) is 0 Å². The van der Waals surface area contributed by atoms with Crippen LogP contribution in [0.3, 0.4) is 0 Å². The zero-order chi connectivity index (χ0) is 18.3. The van der Waals surface area contributed by atoms with Crippen molar-refractivity contribution in [3.8, 4) is 0 Å². The van der Waals surface area contributed by atoms with Gasteiger partial charge in [0.25, 0.3) is 0 Å².